The van der Waals surface area contributed by atoms with Gasteiger partial charge in [-0.1, -0.05) is 18.2 Å². The third-order valence-corrected chi connectivity index (χ3v) is 1.86. The monoisotopic (exact) mass is 190 g/mol. The van der Waals surface area contributed by atoms with Crippen LogP contribution in [0.3, 0.4) is 0 Å². The van der Waals surface area contributed by atoms with Gasteiger partial charge >= 0.3 is 5.97 Å². The SMILES string of the molecule is CC(=O)OC1=c2ccccc2=CNN1. The van der Waals surface area contributed by atoms with Crippen molar-refractivity contribution < 1.29 is 9.53 Å². The normalized spacial score (nSPS) is 13.1. The Bertz CT molecular complexity index is 479. The van der Waals surface area contributed by atoms with Crippen molar-refractivity contribution in [1.82, 2.24) is 10.9 Å². The number of carbonyl (C=O) groups excluding carboxylic acids is 1. The Labute approximate surface area is 80.9 Å². The molecule has 14 heavy (non-hydrogen) atoms. The van der Waals surface area contributed by atoms with E-state index in [4.69, 9.17) is 4.74 Å². The predicted octanol–water partition coefficient (Wildman–Crippen LogP) is -0.839. The van der Waals surface area contributed by atoms with E-state index in [0.717, 1.165) is 10.4 Å². The van der Waals surface area contributed by atoms with Crippen LogP contribution < -0.4 is 21.3 Å². The van der Waals surface area contributed by atoms with Gasteiger partial charge in [0.25, 0.3) is 0 Å². The molecule has 0 aromatic heterocycles. The summed E-state index contributed by atoms with van der Waals surface area (Å²) in [7, 11) is 0. The molecule has 1 aromatic rings. The topological polar surface area (TPSA) is 50.4 Å². The fourth-order valence-electron chi connectivity index (χ4n) is 1.30. The highest BCUT2D eigenvalue weighted by Gasteiger charge is 2.05. The van der Waals surface area contributed by atoms with E-state index in [2.05, 4.69) is 10.9 Å². The summed E-state index contributed by atoms with van der Waals surface area (Å²) in [4.78, 5) is 10.8. The molecule has 1 aromatic carbocycles. The second-order valence-corrected chi connectivity index (χ2v) is 2.92. The first-order chi connectivity index (χ1) is 6.77. The Morgan fingerprint density at radius 2 is 2.14 bits per heavy atom. The van der Waals surface area contributed by atoms with Gasteiger partial charge in [-0.15, -0.1) is 0 Å². The van der Waals surface area contributed by atoms with Gasteiger partial charge in [0.15, 0.2) is 0 Å². The van der Waals surface area contributed by atoms with E-state index in [-0.39, 0.29) is 5.97 Å². The van der Waals surface area contributed by atoms with E-state index >= 15 is 0 Å². The second kappa shape index (κ2) is 3.41. The van der Waals surface area contributed by atoms with Gasteiger partial charge in [0.1, 0.15) is 0 Å². The lowest BCUT2D eigenvalue weighted by Crippen LogP contribution is -2.44. The van der Waals surface area contributed by atoms with Crippen molar-refractivity contribution in [1.29, 1.82) is 0 Å². The lowest BCUT2D eigenvalue weighted by Gasteiger charge is -2.13. The third kappa shape index (κ3) is 1.54. The van der Waals surface area contributed by atoms with Crippen LogP contribution in [0.25, 0.3) is 12.1 Å². The zero-order valence-corrected chi connectivity index (χ0v) is 7.70. The molecule has 0 spiro atoms. The van der Waals surface area contributed by atoms with Gasteiger partial charge in [-0.25, -0.2) is 0 Å². The molecule has 4 nitrogen and oxygen atoms in total. The highest BCUT2D eigenvalue weighted by Crippen LogP contribution is 1.91. The molecule has 0 bridgehead atoms. The average molecular weight is 190 g/mol. The number of hydrogen-bond donors (Lipinski definition) is 2. The van der Waals surface area contributed by atoms with Crippen LogP contribution >= 0.6 is 0 Å². The Morgan fingerprint density at radius 3 is 2.93 bits per heavy atom. The molecule has 2 N–H and O–H groups in total. The molecule has 0 atom stereocenters. The second-order valence-electron chi connectivity index (χ2n) is 2.92. The van der Waals surface area contributed by atoms with Crippen molar-refractivity contribution in [2.24, 2.45) is 0 Å². The van der Waals surface area contributed by atoms with Gasteiger partial charge in [-0.05, 0) is 6.07 Å². The largest absolute Gasteiger partial charge is 0.408 e. The van der Waals surface area contributed by atoms with Crippen molar-refractivity contribution in [3.8, 4) is 0 Å². The first-order valence-corrected chi connectivity index (χ1v) is 4.27. The molecule has 0 aliphatic carbocycles. The summed E-state index contributed by atoms with van der Waals surface area (Å²) in [6.45, 7) is 1.37. The summed E-state index contributed by atoms with van der Waals surface area (Å²) in [6.07, 6.45) is 1.81. The Morgan fingerprint density at radius 1 is 1.36 bits per heavy atom. The average Bonchev–Trinajstić information content (AvgIpc) is 2.18. The van der Waals surface area contributed by atoms with Crippen LogP contribution in [-0.2, 0) is 9.53 Å². The van der Waals surface area contributed by atoms with Crippen LogP contribution in [-0.4, -0.2) is 5.97 Å². The maximum Gasteiger partial charge on any atom is 0.309 e. The number of benzene rings is 1. The molecule has 0 saturated carbocycles. The molecular weight excluding hydrogens is 180 g/mol. The number of hydrogen-bond acceptors (Lipinski definition) is 4. The molecule has 72 valence electrons. The Kier molecular flexibility index (Phi) is 2.10. The number of ether oxygens (including phenoxy) is 1. The summed E-state index contributed by atoms with van der Waals surface area (Å²) in [6, 6.07) is 7.64. The standard InChI is InChI=1S/C10H10N2O2/c1-7(13)14-10-9-5-3-2-4-8(9)6-11-12-10/h2-6,11-12H,1H3. The Balaban J connectivity index is 2.59. The van der Waals surface area contributed by atoms with E-state index in [1.807, 2.05) is 30.5 Å². The maximum absolute atomic E-state index is 10.8. The van der Waals surface area contributed by atoms with Gasteiger partial charge < -0.3 is 10.2 Å². The predicted molar refractivity (Wildman–Crippen MR) is 51.6 cm³/mol. The van der Waals surface area contributed by atoms with E-state index in [1.54, 1.807) is 0 Å². The van der Waals surface area contributed by atoms with Gasteiger partial charge in [0.05, 0.1) is 0 Å². The molecule has 1 aliphatic rings. The number of esters is 1. The molecule has 0 unspecified atom stereocenters. The molecule has 1 heterocycles. The molecule has 0 fully saturated rings. The highest BCUT2D eigenvalue weighted by molar-refractivity contribution is 5.71. The van der Waals surface area contributed by atoms with E-state index in [0.29, 0.717) is 5.88 Å². The summed E-state index contributed by atoms with van der Waals surface area (Å²) in [5.41, 5.74) is 5.58. The van der Waals surface area contributed by atoms with Crippen LogP contribution in [0.5, 0.6) is 0 Å². The third-order valence-electron chi connectivity index (χ3n) is 1.86. The van der Waals surface area contributed by atoms with Crippen molar-refractivity contribution in [3.05, 3.63) is 34.7 Å². The van der Waals surface area contributed by atoms with Crippen molar-refractivity contribution in [2.75, 3.05) is 0 Å². The van der Waals surface area contributed by atoms with Gasteiger partial charge in [0.2, 0.25) is 5.88 Å². The molecule has 4 heteroatoms. The highest BCUT2D eigenvalue weighted by atomic mass is 16.5. The van der Waals surface area contributed by atoms with Crippen LogP contribution in [0.4, 0.5) is 0 Å². The van der Waals surface area contributed by atoms with Crippen molar-refractivity contribution >= 4 is 18.1 Å². The van der Waals surface area contributed by atoms with Crippen LogP contribution in [0.1, 0.15) is 6.92 Å². The van der Waals surface area contributed by atoms with Gasteiger partial charge in [-0.2, -0.15) is 0 Å². The Hall–Kier alpha value is -1.97. The number of nitrogens with one attached hydrogen (secondary N) is 2. The fraction of sp³-hybridized carbons (Fsp3) is 0.100. The van der Waals surface area contributed by atoms with Crippen LogP contribution in [0.2, 0.25) is 0 Å². The van der Waals surface area contributed by atoms with Crippen LogP contribution in [0.15, 0.2) is 24.3 Å². The first kappa shape index (κ1) is 8.62. The zero-order chi connectivity index (χ0) is 9.97. The van der Waals surface area contributed by atoms with E-state index < -0.39 is 0 Å². The number of rotatable bonds is 1. The molecule has 1 aliphatic heterocycles. The minimum Gasteiger partial charge on any atom is -0.408 e. The smallest absolute Gasteiger partial charge is 0.309 e. The molecule has 0 amide bonds. The minimum atomic E-state index is -0.342. The van der Waals surface area contributed by atoms with Crippen molar-refractivity contribution in [3.63, 3.8) is 0 Å². The number of hydrazine groups is 1. The quantitative estimate of drug-likeness (QED) is 0.567. The van der Waals surface area contributed by atoms with Crippen LogP contribution in [0, 0.1) is 0 Å². The number of carbonyl (C=O) groups is 1. The summed E-state index contributed by atoms with van der Waals surface area (Å²) >= 11 is 0. The summed E-state index contributed by atoms with van der Waals surface area (Å²) in [5, 5.41) is 1.86. The maximum atomic E-state index is 10.8. The molecular formula is C10H10N2O2. The zero-order valence-electron chi connectivity index (χ0n) is 7.70. The number of fused-ring (bicyclic) bond motifs is 1. The molecule has 0 radical (unpaired) electrons. The van der Waals surface area contributed by atoms with Gasteiger partial charge in [0, 0.05) is 23.6 Å². The summed E-state index contributed by atoms with van der Waals surface area (Å²) < 4.78 is 5.00. The summed E-state index contributed by atoms with van der Waals surface area (Å²) in [5.74, 6) is 0.0987. The minimum absolute atomic E-state index is 0.342. The van der Waals surface area contributed by atoms with E-state index in [9.17, 15) is 4.79 Å². The fourth-order valence-corrected chi connectivity index (χ4v) is 1.30. The van der Waals surface area contributed by atoms with E-state index in [1.165, 1.54) is 6.92 Å². The first-order valence-electron chi connectivity index (χ1n) is 4.27. The molecule has 0 saturated heterocycles. The lowest BCUT2D eigenvalue weighted by atomic mass is 10.2. The molecule has 2 rings (SSSR count). The van der Waals surface area contributed by atoms with Gasteiger partial charge in [-0.3, -0.25) is 10.2 Å². The lowest BCUT2D eigenvalue weighted by molar-refractivity contribution is -0.134. The van der Waals surface area contributed by atoms with Crippen molar-refractivity contribution in [2.45, 2.75) is 6.92 Å².